The van der Waals surface area contributed by atoms with E-state index < -0.39 is 10.0 Å². The van der Waals surface area contributed by atoms with Crippen LogP contribution >= 0.6 is 0 Å². The van der Waals surface area contributed by atoms with Gasteiger partial charge in [-0.05, 0) is 37.5 Å². The largest absolute Gasteiger partial charge is 0.491 e. The lowest BCUT2D eigenvalue weighted by Crippen LogP contribution is -2.40. The highest BCUT2D eigenvalue weighted by molar-refractivity contribution is 7.88. The van der Waals surface area contributed by atoms with Crippen LogP contribution in [0, 0.1) is 12.8 Å². The predicted molar refractivity (Wildman–Crippen MR) is 80.2 cm³/mol. The molecule has 0 spiro atoms. The molecule has 0 aliphatic carbocycles. The molecule has 6 heteroatoms. The zero-order valence-electron chi connectivity index (χ0n) is 12.0. The molecule has 1 heterocycles. The fourth-order valence-electron chi connectivity index (χ4n) is 2.44. The third kappa shape index (κ3) is 3.86. The van der Waals surface area contributed by atoms with E-state index in [1.54, 1.807) is 0 Å². The van der Waals surface area contributed by atoms with Crippen molar-refractivity contribution in [3.8, 4) is 5.75 Å². The number of aryl methyl sites for hydroxylation is 1. The first-order valence-electron chi connectivity index (χ1n) is 6.80. The van der Waals surface area contributed by atoms with Crippen LogP contribution in [0.25, 0.3) is 0 Å². The minimum atomic E-state index is -3.10. The van der Waals surface area contributed by atoms with E-state index >= 15 is 0 Å². The SMILES string of the molecule is Cc1ccc(N)c(OCC2CCCN(S(C)(=O)=O)C2)c1. The van der Waals surface area contributed by atoms with Crippen molar-refractivity contribution in [3.63, 3.8) is 0 Å². The Bertz CT molecular complexity index is 572. The highest BCUT2D eigenvalue weighted by atomic mass is 32.2. The number of hydrogen-bond acceptors (Lipinski definition) is 4. The molecule has 2 rings (SSSR count). The normalized spacial score (nSPS) is 20.8. The molecular weight excluding hydrogens is 276 g/mol. The van der Waals surface area contributed by atoms with Gasteiger partial charge in [0, 0.05) is 19.0 Å². The van der Waals surface area contributed by atoms with Crippen LogP contribution in [-0.4, -0.2) is 38.7 Å². The van der Waals surface area contributed by atoms with E-state index in [2.05, 4.69) is 0 Å². The first kappa shape index (κ1) is 15.1. The standard InChI is InChI=1S/C14H22N2O3S/c1-11-5-6-13(15)14(8-11)19-10-12-4-3-7-16(9-12)20(2,17)18/h5-6,8,12H,3-4,7,9-10,15H2,1-2H3. The van der Waals surface area contributed by atoms with Crippen LogP contribution in [-0.2, 0) is 10.0 Å². The molecule has 1 fully saturated rings. The Morgan fingerprint density at radius 2 is 2.20 bits per heavy atom. The number of nitrogens with zero attached hydrogens (tertiary/aromatic N) is 1. The van der Waals surface area contributed by atoms with E-state index in [0.29, 0.717) is 31.1 Å². The van der Waals surface area contributed by atoms with Crippen molar-refractivity contribution in [3.05, 3.63) is 23.8 Å². The second-order valence-corrected chi connectivity index (χ2v) is 7.46. The third-order valence-electron chi connectivity index (χ3n) is 3.59. The first-order valence-corrected chi connectivity index (χ1v) is 8.65. The van der Waals surface area contributed by atoms with Crippen LogP contribution in [0.3, 0.4) is 0 Å². The fourth-order valence-corrected chi connectivity index (χ4v) is 3.38. The molecule has 2 N–H and O–H groups in total. The summed E-state index contributed by atoms with van der Waals surface area (Å²) in [6.07, 6.45) is 3.12. The van der Waals surface area contributed by atoms with Gasteiger partial charge in [0.1, 0.15) is 5.75 Å². The number of rotatable bonds is 4. The van der Waals surface area contributed by atoms with Gasteiger partial charge in [-0.3, -0.25) is 0 Å². The summed E-state index contributed by atoms with van der Waals surface area (Å²) in [5.41, 5.74) is 7.58. The molecule has 1 aliphatic rings. The van der Waals surface area contributed by atoms with Gasteiger partial charge in [-0.25, -0.2) is 12.7 Å². The van der Waals surface area contributed by atoms with Gasteiger partial charge in [-0.15, -0.1) is 0 Å². The Labute approximate surface area is 120 Å². The zero-order valence-corrected chi connectivity index (χ0v) is 12.8. The molecule has 1 aromatic rings. The Morgan fingerprint density at radius 1 is 1.45 bits per heavy atom. The summed E-state index contributed by atoms with van der Waals surface area (Å²) in [4.78, 5) is 0. The number of nitrogen functional groups attached to an aromatic ring is 1. The van der Waals surface area contributed by atoms with Crippen LogP contribution in [0.15, 0.2) is 18.2 Å². The van der Waals surface area contributed by atoms with E-state index in [-0.39, 0.29) is 5.92 Å². The lowest BCUT2D eigenvalue weighted by molar-refractivity contribution is 0.181. The van der Waals surface area contributed by atoms with Crippen molar-refractivity contribution in [2.45, 2.75) is 19.8 Å². The van der Waals surface area contributed by atoms with Crippen molar-refractivity contribution < 1.29 is 13.2 Å². The summed E-state index contributed by atoms with van der Waals surface area (Å²) < 4.78 is 30.4. The smallest absolute Gasteiger partial charge is 0.211 e. The molecule has 1 atom stereocenters. The summed E-state index contributed by atoms with van der Waals surface area (Å²) in [6.45, 7) is 3.63. The van der Waals surface area contributed by atoms with Gasteiger partial charge in [0.15, 0.2) is 0 Å². The Morgan fingerprint density at radius 3 is 2.90 bits per heavy atom. The van der Waals surface area contributed by atoms with Gasteiger partial charge >= 0.3 is 0 Å². The van der Waals surface area contributed by atoms with E-state index in [1.165, 1.54) is 10.6 Å². The number of benzene rings is 1. The summed E-state index contributed by atoms with van der Waals surface area (Å²) in [5.74, 6) is 0.903. The summed E-state index contributed by atoms with van der Waals surface area (Å²) in [7, 11) is -3.10. The molecule has 112 valence electrons. The minimum absolute atomic E-state index is 0.221. The number of ether oxygens (including phenoxy) is 1. The molecule has 0 bridgehead atoms. The van der Waals surface area contributed by atoms with Crippen LogP contribution in [0.4, 0.5) is 5.69 Å². The topological polar surface area (TPSA) is 72.6 Å². The van der Waals surface area contributed by atoms with E-state index in [1.807, 2.05) is 25.1 Å². The molecule has 5 nitrogen and oxygen atoms in total. The van der Waals surface area contributed by atoms with Crippen molar-refractivity contribution in [1.82, 2.24) is 4.31 Å². The highest BCUT2D eigenvalue weighted by Crippen LogP contribution is 2.25. The highest BCUT2D eigenvalue weighted by Gasteiger charge is 2.26. The predicted octanol–water partition coefficient (Wildman–Crippen LogP) is 1.63. The Kier molecular flexibility index (Phi) is 4.55. The molecule has 1 saturated heterocycles. The van der Waals surface area contributed by atoms with E-state index in [9.17, 15) is 8.42 Å². The van der Waals surface area contributed by atoms with Crippen molar-refractivity contribution in [2.75, 3.05) is 31.7 Å². The maximum atomic E-state index is 11.6. The molecule has 20 heavy (non-hydrogen) atoms. The van der Waals surface area contributed by atoms with Crippen LogP contribution in [0.1, 0.15) is 18.4 Å². The van der Waals surface area contributed by atoms with Gasteiger partial charge < -0.3 is 10.5 Å². The molecule has 1 aliphatic heterocycles. The molecule has 0 saturated carbocycles. The van der Waals surface area contributed by atoms with Crippen molar-refractivity contribution in [1.29, 1.82) is 0 Å². The van der Waals surface area contributed by atoms with Gasteiger partial charge in [0.05, 0.1) is 18.6 Å². The third-order valence-corrected chi connectivity index (χ3v) is 4.86. The van der Waals surface area contributed by atoms with Gasteiger partial charge in [0.25, 0.3) is 0 Å². The molecule has 0 radical (unpaired) electrons. The van der Waals surface area contributed by atoms with Crippen LogP contribution < -0.4 is 10.5 Å². The lowest BCUT2D eigenvalue weighted by Gasteiger charge is -2.30. The van der Waals surface area contributed by atoms with Gasteiger partial charge in [-0.1, -0.05) is 6.07 Å². The van der Waals surface area contributed by atoms with Gasteiger partial charge in [-0.2, -0.15) is 0 Å². The Hall–Kier alpha value is -1.27. The molecular formula is C14H22N2O3S. The zero-order chi connectivity index (χ0) is 14.8. The average molecular weight is 298 g/mol. The van der Waals surface area contributed by atoms with Gasteiger partial charge in [0.2, 0.25) is 10.0 Å². The second kappa shape index (κ2) is 6.01. The molecule has 1 aromatic carbocycles. The second-order valence-electron chi connectivity index (χ2n) is 5.48. The molecule has 1 unspecified atom stereocenters. The van der Waals surface area contributed by atoms with Crippen molar-refractivity contribution >= 4 is 15.7 Å². The minimum Gasteiger partial charge on any atom is -0.491 e. The summed E-state index contributed by atoms with van der Waals surface area (Å²) in [6, 6.07) is 5.68. The van der Waals surface area contributed by atoms with Crippen LogP contribution in [0.2, 0.25) is 0 Å². The first-order chi connectivity index (χ1) is 9.36. The number of nitrogens with two attached hydrogens (primary N) is 1. The lowest BCUT2D eigenvalue weighted by atomic mass is 10.0. The fraction of sp³-hybridized carbons (Fsp3) is 0.571. The average Bonchev–Trinajstić information content (AvgIpc) is 2.39. The van der Waals surface area contributed by atoms with Crippen molar-refractivity contribution in [2.24, 2.45) is 5.92 Å². The quantitative estimate of drug-likeness (QED) is 0.858. The van der Waals surface area contributed by atoms with E-state index in [4.69, 9.17) is 10.5 Å². The maximum absolute atomic E-state index is 11.6. The summed E-state index contributed by atoms with van der Waals surface area (Å²) >= 11 is 0. The number of sulfonamides is 1. The van der Waals surface area contributed by atoms with E-state index in [0.717, 1.165) is 18.4 Å². The molecule has 0 aromatic heterocycles. The maximum Gasteiger partial charge on any atom is 0.211 e. The number of hydrogen-bond donors (Lipinski definition) is 1. The number of piperidine rings is 1. The monoisotopic (exact) mass is 298 g/mol. The van der Waals surface area contributed by atoms with Crippen LogP contribution in [0.5, 0.6) is 5.75 Å². The summed E-state index contributed by atoms with van der Waals surface area (Å²) in [5, 5.41) is 0. The number of anilines is 1. The molecule has 0 amide bonds. The Balaban J connectivity index is 1.95.